The number of thioether (sulfide) groups is 2. The molecule has 0 amide bonds. The van der Waals surface area contributed by atoms with Gasteiger partial charge in [-0.2, -0.15) is 0 Å². The van der Waals surface area contributed by atoms with Gasteiger partial charge in [-0.3, -0.25) is 0 Å². The molecule has 5 rings (SSSR count). The smallest absolute Gasteiger partial charge is 0.153 e. The third kappa shape index (κ3) is 3.69. The Bertz CT molecular complexity index is 974. The maximum atomic E-state index is 6.28. The van der Waals surface area contributed by atoms with Crippen molar-refractivity contribution in [1.29, 1.82) is 0 Å². The minimum atomic E-state index is 0.0129. The quantitative estimate of drug-likeness (QED) is 0.510. The van der Waals surface area contributed by atoms with E-state index in [1.54, 1.807) is 11.8 Å². The summed E-state index contributed by atoms with van der Waals surface area (Å²) < 4.78 is 11.9. The molecule has 4 nitrogen and oxygen atoms in total. The monoisotopic (exact) mass is 410 g/mol. The fourth-order valence-corrected chi connectivity index (χ4v) is 5.10. The average Bonchev–Trinajstić information content (AvgIpc) is 3.30. The van der Waals surface area contributed by atoms with Gasteiger partial charge < -0.3 is 14.6 Å². The van der Waals surface area contributed by atoms with Gasteiger partial charge in [-0.15, -0.1) is 23.5 Å². The Kier molecular flexibility index (Phi) is 4.87. The highest BCUT2D eigenvalue weighted by atomic mass is 32.2. The lowest BCUT2D eigenvalue weighted by Crippen LogP contribution is -2.30. The molecular weight excluding hydrogens is 388 g/mol. The summed E-state index contributed by atoms with van der Waals surface area (Å²) in [5.41, 5.74) is 4.60. The van der Waals surface area contributed by atoms with Gasteiger partial charge in [0.2, 0.25) is 0 Å². The number of ether oxygens (including phenoxy) is 1. The topological polar surface area (TPSA) is 47.3 Å². The molecule has 1 fully saturated rings. The Morgan fingerprint density at radius 2 is 2.00 bits per heavy atom. The average molecular weight is 411 g/mol. The second kappa shape index (κ2) is 7.50. The molecule has 1 N–H and O–H groups in total. The number of aromatic nitrogens is 1. The molecule has 0 saturated carbocycles. The third-order valence-electron chi connectivity index (χ3n) is 5.01. The summed E-state index contributed by atoms with van der Waals surface area (Å²) in [7, 11) is 0. The standard InChI is InChI=1S/C22H22N2O2S2/c1-13(2)15-8-9-19-17(10-15)23-20(12-27-19)25-22-21(28-22)18-11-16(24-26-18)14-6-4-3-5-7-14/h3-11,13,20-23H,12H2,1-2H3. The van der Waals surface area contributed by atoms with E-state index in [0.29, 0.717) is 5.92 Å². The molecule has 28 heavy (non-hydrogen) atoms. The van der Waals surface area contributed by atoms with Crippen LogP contribution < -0.4 is 5.32 Å². The lowest BCUT2D eigenvalue weighted by atomic mass is 10.0. The molecule has 0 bridgehead atoms. The SMILES string of the molecule is CC(C)c1ccc2c(c1)NC(OC1SC1c1cc(-c3ccccc3)no1)CS2. The first-order valence-corrected chi connectivity index (χ1v) is 11.5. The number of hydrogen-bond donors (Lipinski definition) is 1. The lowest BCUT2D eigenvalue weighted by molar-refractivity contribution is 0.0812. The summed E-state index contributed by atoms with van der Waals surface area (Å²) in [5, 5.41) is 8.01. The van der Waals surface area contributed by atoms with Crippen molar-refractivity contribution in [1.82, 2.24) is 5.16 Å². The van der Waals surface area contributed by atoms with E-state index in [9.17, 15) is 0 Å². The molecule has 1 saturated heterocycles. The van der Waals surface area contributed by atoms with E-state index >= 15 is 0 Å². The van der Waals surface area contributed by atoms with Crippen LogP contribution in [0, 0.1) is 0 Å². The van der Waals surface area contributed by atoms with Gasteiger partial charge in [0.15, 0.2) is 5.76 Å². The van der Waals surface area contributed by atoms with E-state index in [2.05, 4.69) is 42.5 Å². The number of nitrogens with zero attached hydrogens (tertiary/aromatic N) is 1. The number of anilines is 1. The van der Waals surface area contributed by atoms with Crippen LogP contribution in [0.3, 0.4) is 0 Å². The van der Waals surface area contributed by atoms with Crippen LogP contribution in [0.5, 0.6) is 0 Å². The second-order valence-corrected chi connectivity index (χ2v) is 9.70. The molecule has 0 radical (unpaired) electrons. The molecule has 3 unspecified atom stereocenters. The van der Waals surface area contributed by atoms with E-state index in [4.69, 9.17) is 9.26 Å². The normalized spacial score (nSPS) is 23.3. The Labute approximate surface area is 173 Å². The van der Waals surface area contributed by atoms with Crippen molar-refractivity contribution in [3.05, 3.63) is 65.9 Å². The van der Waals surface area contributed by atoms with E-state index < -0.39 is 0 Å². The van der Waals surface area contributed by atoms with Gasteiger partial charge in [-0.25, -0.2) is 0 Å². The highest BCUT2D eigenvalue weighted by molar-refractivity contribution is 8.07. The first kappa shape index (κ1) is 18.2. The Morgan fingerprint density at radius 3 is 2.82 bits per heavy atom. The van der Waals surface area contributed by atoms with Gasteiger partial charge in [0, 0.05) is 22.3 Å². The molecule has 3 atom stereocenters. The van der Waals surface area contributed by atoms with E-state index in [1.165, 1.54) is 16.1 Å². The Morgan fingerprint density at radius 1 is 1.14 bits per heavy atom. The van der Waals surface area contributed by atoms with Crippen molar-refractivity contribution in [3.8, 4) is 11.3 Å². The van der Waals surface area contributed by atoms with E-state index in [-0.39, 0.29) is 16.9 Å². The van der Waals surface area contributed by atoms with Crippen LogP contribution >= 0.6 is 23.5 Å². The highest BCUT2D eigenvalue weighted by Crippen LogP contribution is 2.56. The zero-order chi connectivity index (χ0) is 19.1. The van der Waals surface area contributed by atoms with Crippen LogP contribution in [0.2, 0.25) is 0 Å². The number of nitrogens with one attached hydrogen (secondary N) is 1. The fraction of sp³-hybridized carbons (Fsp3) is 0.318. The lowest BCUT2D eigenvalue weighted by Gasteiger charge is -2.27. The summed E-state index contributed by atoms with van der Waals surface area (Å²) in [6.45, 7) is 4.44. The zero-order valence-electron chi connectivity index (χ0n) is 15.8. The van der Waals surface area contributed by atoms with Crippen molar-refractivity contribution < 1.29 is 9.26 Å². The fourth-order valence-electron chi connectivity index (χ4n) is 3.33. The minimum absolute atomic E-state index is 0.0129. The summed E-state index contributed by atoms with van der Waals surface area (Å²) in [6, 6.07) is 18.8. The van der Waals surface area contributed by atoms with Gasteiger partial charge in [0.05, 0.1) is 5.69 Å². The number of rotatable bonds is 5. The van der Waals surface area contributed by atoms with Gasteiger partial charge in [-0.1, -0.05) is 55.4 Å². The van der Waals surface area contributed by atoms with Crippen molar-refractivity contribution in [3.63, 3.8) is 0 Å². The largest absolute Gasteiger partial charge is 0.359 e. The van der Waals surface area contributed by atoms with Crippen LogP contribution in [0.15, 0.2) is 64.0 Å². The van der Waals surface area contributed by atoms with Crippen LogP contribution in [0.1, 0.15) is 36.3 Å². The van der Waals surface area contributed by atoms with Gasteiger partial charge in [0.25, 0.3) is 0 Å². The Balaban J connectivity index is 1.22. The maximum absolute atomic E-state index is 6.28. The molecule has 3 aromatic rings. The molecule has 0 spiro atoms. The first-order chi connectivity index (χ1) is 13.7. The van der Waals surface area contributed by atoms with Gasteiger partial charge in [-0.05, 0) is 23.6 Å². The predicted molar refractivity (Wildman–Crippen MR) is 116 cm³/mol. The molecule has 2 aromatic carbocycles. The molecule has 2 aliphatic rings. The van der Waals surface area contributed by atoms with Crippen LogP contribution in [-0.4, -0.2) is 22.6 Å². The van der Waals surface area contributed by atoms with Gasteiger partial charge in [0.1, 0.15) is 22.6 Å². The van der Waals surface area contributed by atoms with Crippen molar-refractivity contribution in [2.45, 2.75) is 41.6 Å². The molecule has 6 heteroatoms. The molecular formula is C22H22N2O2S2. The van der Waals surface area contributed by atoms with Gasteiger partial charge >= 0.3 is 0 Å². The zero-order valence-corrected chi connectivity index (χ0v) is 17.4. The Hall–Kier alpha value is -1.89. The molecule has 1 aromatic heterocycles. The number of fused-ring (bicyclic) bond motifs is 1. The summed E-state index contributed by atoms with van der Waals surface area (Å²) in [6.07, 6.45) is 0.0129. The van der Waals surface area contributed by atoms with E-state index in [1.807, 2.05) is 48.2 Å². The summed E-state index contributed by atoms with van der Waals surface area (Å²) in [4.78, 5) is 1.30. The number of hydrogen-bond acceptors (Lipinski definition) is 6. The maximum Gasteiger partial charge on any atom is 0.153 e. The minimum Gasteiger partial charge on any atom is -0.359 e. The number of benzene rings is 2. The second-order valence-electron chi connectivity index (χ2n) is 7.40. The van der Waals surface area contributed by atoms with Crippen LogP contribution in [0.25, 0.3) is 11.3 Å². The summed E-state index contributed by atoms with van der Waals surface area (Å²) >= 11 is 3.63. The van der Waals surface area contributed by atoms with Crippen molar-refractivity contribution in [2.24, 2.45) is 0 Å². The van der Waals surface area contributed by atoms with Crippen LogP contribution in [0.4, 0.5) is 5.69 Å². The van der Waals surface area contributed by atoms with Crippen LogP contribution in [-0.2, 0) is 4.74 Å². The predicted octanol–water partition coefficient (Wildman–Crippen LogP) is 6.14. The first-order valence-electron chi connectivity index (χ1n) is 9.53. The highest BCUT2D eigenvalue weighted by Gasteiger charge is 2.46. The third-order valence-corrected chi connectivity index (χ3v) is 7.25. The molecule has 0 aliphatic carbocycles. The molecule has 144 valence electrons. The van der Waals surface area contributed by atoms with Crippen molar-refractivity contribution >= 4 is 29.2 Å². The molecule has 2 aliphatic heterocycles. The summed E-state index contributed by atoms with van der Waals surface area (Å²) in [5.74, 6) is 2.32. The van der Waals surface area contributed by atoms with Crippen molar-refractivity contribution in [2.75, 3.05) is 11.1 Å². The van der Waals surface area contributed by atoms with E-state index in [0.717, 1.165) is 22.8 Å². The molecule has 3 heterocycles.